The SMILES string of the molecule is c1ccc2[nH]c(CN(Cc3nc4ccccc4[nH]3)[C@@H]3CCCC[C@H]3N(Cc3nc4ccccc4[nH]3)Cc3nc4ccccc4[nH]3)nc2c1. The molecule has 9 rings (SSSR count). The van der Waals surface area contributed by atoms with E-state index in [1.54, 1.807) is 0 Å². The first-order chi connectivity index (χ1) is 23.7. The van der Waals surface area contributed by atoms with Crippen LogP contribution >= 0.6 is 0 Å². The lowest BCUT2D eigenvalue weighted by atomic mass is 9.87. The summed E-state index contributed by atoms with van der Waals surface area (Å²) in [6.07, 6.45) is 4.53. The quantitative estimate of drug-likeness (QED) is 0.126. The highest BCUT2D eigenvalue weighted by molar-refractivity contribution is 5.76. The van der Waals surface area contributed by atoms with Gasteiger partial charge in [-0.2, -0.15) is 0 Å². The average Bonchev–Trinajstić information content (AvgIpc) is 3.91. The monoisotopic (exact) mass is 634 g/mol. The summed E-state index contributed by atoms with van der Waals surface area (Å²) in [5.74, 6) is 3.88. The summed E-state index contributed by atoms with van der Waals surface area (Å²) in [5, 5.41) is 0. The molecule has 240 valence electrons. The smallest absolute Gasteiger partial charge is 0.121 e. The molecule has 4 aromatic carbocycles. The first-order valence-corrected chi connectivity index (χ1v) is 16.9. The Labute approximate surface area is 277 Å². The lowest BCUT2D eigenvalue weighted by molar-refractivity contribution is 0.0252. The van der Waals surface area contributed by atoms with Crippen molar-refractivity contribution in [3.8, 4) is 0 Å². The maximum Gasteiger partial charge on any atom is 0.121 e. The number of benzene rings is 4. The summed E-state index contributed by atoms with van der Waals surface area (Å²) in [6, 6.07) is 33.6. The highest BCUT2D eigenvalue weighted by atomic mass is 15.3. The number of hydrogen-bond donors (Lipinski definition) is 4. The number of rotatable bonds is 10. The Morgan fingerprint density at radius 3 is 0.958 bits per heavy atom. The van der Waals surface area contributed by atoms with Gasteiger partial charge in [0.05, 0.1) is 70.3 Å². The Morgan fingerprint density at radius 1 is 0.417 bits per heavy atom. The molecule has 10 nitrogen and oxygen atoms in total. The first kappa shape index (κ1) is 28.9. The van der Waals surface area contributed by atoms with Gasteiger partial charge in [-0.25, -0.2) is 19.9 Å². The van der Waals surface area contributed by atoms with Crippen LogP contribution in [0.2, 0.25) is 0 Å². The third kappa shape index (κ3) is 5.74. The molecule has 4 heterocycles. The van der Waals surface area contributed by atoms with Crippen LogP contribution in [0, 0.1) is 0 Å². The van der Waals surface area contributed by atoms with Crippen LogP contribution < -0.4 is 0 Å². The van der Waals surface area contributed by atoms with Crippen LogP contribution in [0.3, 0.4) is 0 Å². The summed E-state index contributed by atoms with van der Waals surface area (Å²) >= 11 is 0. The second-order valence-corrected chi connectivity index (χ2v) is 13.0. The van der Waals surface area contributed by atoms with Gasteiger partial charge < -0.3 is 19.9 Å². The van der Waals surface area contributed by atoms with Crippen molar-refractivity contribution in [3.63, 3.8) is 0 Å². The predicted octanol–water partition coefficient (Wildman–Crippen LogP) is 7.21. The van der Waals surface area contributed by atoms with Crippen molar-refractivity contribution in [1.29, 1.82) is 0 Å². The van der Waals surface area contributed by atoms with Crippen LogP contribution in [0.25, 0.3) is 44.1 Å². The zero-order valence-corrected chi connectivity index (χ0v) is 26.7. The molecule has 0 radical (unpaired) electrons. The van der Waals surface area contributed by atoms with Crippen LogP contribution in [0.5, 0.6) is 0 Å². The number of nitrogens with zero attached hydrogens (tertiary/aromatic N) is 6. The molecule has 4 N–H and O–H groups in total. The van der Waals surface area contributed by atoms with Crippen molar-refractivity contribution in [3.05, 3.63) is 120 Å². The largest absolute Gasteiger partial charge is 0.341 e. The Hall–Kier alpha value is -5.32. The van der Waals surface area contributed by atoms with E-state index in [0.29, 0.717) is 26.2 Å². The summed E-state index contributed by atoms with van der Waals surface area (Å²) in [5.41, 5.74) is 8.22. The van der Waals surface area contributed by atoms with Crippen LogP contribution in [0.15, 0.2) is 97.1 Å². The lowest BCUT2D eigenvalue weighted by Gasteiger charge is -2.44. The van der Waals surface area contributed by atoms with Gasteiger partial charge in [0.1, 0.15) is 23.3 Å². The molecule has 1 fully saturated rings. The number of fused-ring (bicyclic) bond motifs is 4. The van der Waals surface area contributed by atoms with Gasteiger partial charge >= 0.3 is 0 Å². The molecular weight excluding hydrogens is 596 g/mol. The maximum atomic E-state index is 5.01. The maximum absolute atomic E-state index is 5.01. The van der Waals surface area contributed by atoms with E-state index >= 15 is 0 Å². The molecule has 0 spiro atoms. The van der Waals surface area contributed by atoms with Crippen molar-refractivity contribution >= 4 is 44.1 Å². The number of para-hydroxylation sites is 8. The fourth-order valence-corrected chi connectivity index (χ4v) is 7.62. The van der Waals surface area contributed by atoms with Gasteiger partial charge in [-0.3, -0.25) is 9.80 Å². The van der Waals surface area contributed by atoms with Gasteiger partial charge in [0, 0.05) is 12.1 Å². The second-order valence-electron chi connectivity index (χ2n) is 13.0. The van der Waals surface area contributed by atoms with Crippen LogP contribution in [-0.2, 0) is 26.2 Å². The predicted molar refractivity (Wildman–Crippen MR) is 189 cm³/mol. The molecular formula is C38H38N10. The third-order valence-corrected chi connectivity index (χ3v) is 9.80. The third-order valence-electron chi connectivity index (χ3n) is 9.80. The van der Waals surface area contributed by atoms with Crippen LogP contribution in [0.1, 0.15) is 49.0 Å². The fourth-order valence-electron chi connectivity index (χ4n) is 7.62. The van der Waals surface area contributed by atoms with E-state index < -0.39 is 0 Å². The van der Waals surface area contributed by atoms with E-state index in [4.69, 9.17) is 19.9 Å². The van der Waals surface area contributed by atoms with Gasteiger partial charge in [-0.1, -0.05) is 61.4 Å². The molecule has 1 saturated carbocycles. The molecule has 0 amide bonds. The van der Waals surface area contributed by atoms with Crippen LogP contribution in [-0.4, -0.2) is 61.8 Å². The summed E-state index contributed by atoms with van der Waals surface area (Å²) in [4.78, 5) is 39.6. The highest BCUT2D eigenvalue weighted by Gasteiger charge is 2.36. The molecule has 48 heavy (non-hydrogen) atoms. The van der Waals surface area contributed by atoms with Crippen molar-refractivity contribution in [2.75, 3.05) is 0 Å². The zero-order chi connectivity index (χ0) is 31.9. The molecule has 0 bridgehead atoms. The number of nitrogens with one attached hydrogen (secondary N) is 4. The molecule has 8 aromatic rings. The summed E-state index contributed by atoms with van der Waals surface area (Å²) in [6.45, 7) is 2.76. The van der Waals surface area contributed by atoms with Crippen molar-refractivity contribution < 1.29 is 0 Å². The van der Waals surface area contributed by atoms with Crippen molar-refractivity contribution in [2.24, 2.45) is 0 Å². The minimum absolute atomic E-state index is 0.258. The molecule has 10 heteroatoms. The summed E-state index contributed by atoms with van der Waals surface area (Å²) in [7, 11) is 0. The van der Waals surface area contributed by atoms with Gasteiger partial charge in [-0.15, -0.1) is 0 Å². The topological polar surface area (TPSA) is 121 Å². The van der Waals surface area contributed by atoms with E-state index in [2.05, 4.69) is 103 Å². The van der Waals surface area contributed by atoms with Crippen molar-refractivity contribution in [2.45, 2.75) is 63.9 Å². The van der Waals surface area contributed by atoms with Crippen LogP contribution in [0.4, 0.5) is 0 Å². The molecule has 2 atom stereocenters. The second kappa shape index (κ2) is 12.4. The van der Waals surface area contributed by atoms with Gasteiger partial charge in [0.15, 0.2) is 0 Å². The van der Waals surface area contributed by atoms with Gasteiger partial charge in [0.25, 0.3) is 0 Å². The Bertz CT molecular complexity index is 1880. The van der Waals surface area contributed by atoms with E-state index in [1.807, 2.05) is 24.3 Å². The molecule has 0 unspecified atom stereocenters. The minimum atomic E-state index is 0.258. The minimum Gasteiger partial charge on any atom is -0.341 e. The normalized spacial score (nSPS) is 17.1. The summed E-state index contributed by atoms with van der Waals surface area (Å²) < 4.78 is 0. The highest BCUT2D eigenvalue weighted by Crippen LogP contribution is 2.32. The Balaban J connectivity index is 1.09. The van der Waals surface area contributed by atoms with E-state index in [1.165, 1.54) is 12.8 Å². The van der Waals surface area contributed by atoms with E-state index in [-0.39, 0.29) is 12.1 Å². The average molecular weight is 635 g/mol. The number of hydrogen-bond acceptors (Lipinski definition) is 6. The molecule has 1 aliphatic rings. The van der Waals surface area contributed by atoms with E-state index in [0.717, 1.165) is 80.3 Å². The number of H-pyrrole nitrogens is 4. The first-order valence-electron chi connectivity index (χ1n) is 16.9. The molecule has 0 aliphatic heterocycles. The molecule has 4 aromatic heterocycles. The number of imidazole rings is 4. The van der Waals surface area contributed by atoms with Crippen molar-refractivity contribution in [1.82, 2.24) is 49.7 Å². The molecule has 1 aliphatic carbocycles. The Kier molecular flexibility index (Phi) is 7.44. The zero-order valence-electron chi connectivity index (χ0n) is 26.7. The Morgan fingerprint density at radius 2 is 0.688 bits per heavy atom. The molecule has 0 saturated heterocycles. The standard InChI is InChI=1S/C38H38N10/c1-2-12-26-25(11-1)39-35(40-26)21-47(22-36-41-27-13-3-4-14-28(27)42-36)33-19-9-10-20-34(33)48(23-37-43-29-15-5-6-16-30(29)44-37)24-38-45-31-17-7-8-18-32(31)46-38/h1-8,11-18,33-34H,9-10,19-24H2,(H,39,40)(H,41,42)(H,43,44)(H,45,46)/t33-,34-/m1/s1. The van der Waals surface area contributed by atoms with Gasteiger partial charge in [-0.05, 0) is 61.4 Å². The fraction of sp³-hybridized carbons (Fsp3) is 0.263. The lowest BCUT2D eigenvalue weighted by Crippen LogP contribution is -2.52. The van der Waals surface area contributed by atoms with Gasteiger partial charge in [0.2, 0.25) is 0 Å². The van der Waals surface area contributed by atoms with E-state index in [9.17, 15) is 0 Å². The number of aromatic nitrogens is 8. The number of aromatic amines is 4.